The molecular formula is C18H14N6O2S. The second-order valence-electron chi connectivity index (χ2n) is 5.67. The van der Waals surface area contributed by atoms with E-state index in [4.69, 9.17) is 4.42 Å². The summed E-state index contributed by atoms with van der Waals surface area (Å²) in [5.74, 6) is 1.61. The van der Waals surface area contributed by atoms with E-state index in [1.807, 2.05) is 37.4 Å². The molecule has 27 heavy (non-hydrogen) atoms. The molecule has 0 radical (unpaired) electrons. The Morgan fingerprint density at radius 2 is 2.15 bits per heavy atom. The van der Waals surface area contributed by atoms with Crippen molar-refractivity contribution in [3.8, 4) is 17.7 Å². The summed E-state index contributed by atoms with van der Waals surface area (Å²) in [4.78, 5) is 7.42. The van der Waals surface area contributed by atoms with Crippen LogP contribution in [0.25, 0.3) is 28.2 Å². The molecule has 0 aliphatic heterocycles. The third-order valence-corrected chi connectivity index (χ3v) is 4.97. The monoisotopic (exact) mass is 378 g/mol. The molecule has 0 unspecified atom stereocenters. The van der Waals surface area contributed by atoms with Gasteiger partial charge in [-0.2, -0.15) is 5.26 Å². The number of allylic oxidation sites excluding steroid dienone is 1. The average molecular weight is 378 g/mol. The van der Waals surface area contributed by atoms with Crippen LogP contribution in [0.3, 0.4) is 0 Å². The van der Waals surface area contributed by atoms with Crippen LogP contribution in [0.5, 0.6) is 0 Å². The van der Waals surface area contributed by atoms with Crippen LogP contribution in [0.4, 0.5) is 0 Å². The van der Waals surface area contributed by atoms with E-state index in [1.54, 1.807) is 23.0 Å². The number of para-hydroxylation sites is 2. The molecule has 0 saturated heterocycles. The van der Waals surface area contributed by atoms with Gasteiger partial charge >= 0.3 is 0 Å². The van der Waals surface area contributed by atoms with Crippen molar-refractivity contribution < 1.29 is 9.52 Å². The van der Waals surface area contributed by atoms with Crippen molar-refractivity contribution in [3.05, 3.63) is 54.2 Å². The number of hydrogen-bond acceptors (Lipinski definition) is 7. The number of hydrogen-bond donors (Lipinski definition) is 2. The van der Waals surface area contributed by atoms with Crippen LogP contribution >= 0.6 is 11.8 Å². The molecule has 0 aliphatic carbocycles. The third-order valence-electron chi connectivity index (χ3n) is 3.94. The number of nitrogens with one attached hydrogen (secondary N) is 1. The summed E-state index contributed by atoms with van der Waals surface area (Å²) in [5.41, 5.74) is 1.64. The van der Waals surface area contributed by atoms with E-state index in [-0.39, 0.29) is 17.1 Å². The molecule has 0 spiro atoms. The van der Waals surface area contributed by atoms with Gasteiger partial charge in [0.25, 0.3) is 0 Å². The summed E-state index contributed by atoms with van der Waals surface area (Å²) >= 11 is 1.27. The van der Waals surface area contributed by atoms with Gasteiger partial charge in [0.2, 0.25) is 0 Å². The van der Waals surface area contributed by atoms with Crippen molar-refractivity contribution >= 4 is 28.4 Å². The molecule has 9 heteroatoms. The van der Waals surface area contributed by atoms with E-state index < -0.39 is 0 Å². The summed E-state index contributed by atoms with van der Waals surface area (Å²) in [5, 5.41) is 28.7. The van der Waals surface area contributed by atoms with Gasteiger partial charge in [0.15, 0.2) is 22.6 Å². The Balaban J connectivity index is 1.57. The minimum Gasteiger partial charge on any atom is -0.510 e. The summed E-state index contributed by atoms with van der Waals surface area (Å²) in [6.45, 7) is 0. The number of nitriles is 1. The maximum absolute atomic E-state index is 10.4. The van der Waals surface area contributed by atoms with E-state index in [0.29, 0.717) is 22.6 Å². The number of thioether (sulfide) groups is 1. The number of aliphatic hydroxyl groups excluding tert-OH is 1. The second kappa shape index (κ2) is 7.01. The highest BCUT2D eigenvalue weighted by atomic mass is 32.2. The van der Waals surface area contributed by atoms with Crippen molar-refractivity contribution in [2.45, 2.75) is 5.16 Å². The summed E-state index contributed by atoms with van der Waals surface area (Å²) < 4.78 is 7.10. The molecule has 0 fully saturated rings. The van der Waals surface area contributed by atoms with Gasteiger partial charge in [-0.05, 0) is 24.3 Å². The Hall–Kier alpha value is -3.51. The molecule has 8 nitrogen and oxygen atoms in total. The molecule has 4 aromatic rings. The van der Waals surface area contributed by atoms with Crippen molar-refractivity contribution in [1.29, 1.82) is 5.26 Å². The number of nitrogens with zero attached hydrogens (tertiary/aromatic N) is 5. The van der Waals surface area contributed by atoms with Gasteiger partial charge in [0.1, 0.15) is 17.4 Å². The molecule has 3 aromatic heterocycles. The van der Waals surface area contributed by atoms with Crippen LogP contribution < -0.4 is 0 Å². The molecule has 4 rings (SSSR count). The smallest absolute Gasteiger partial charge is 0.200 e. The number of H-pyrrole nitrogens is 1. The first-order chi connectivity index (χ1) is 13.2. The maximum Gasteiger partial charge on any atom is 0.200 e. The third kappa shape index (κ3) is 3.18. The first kappa shape index (κ1) is 16.9. The zero-order chi connectivity index (χ0) is 18.8. The first-order valence-corrected chi connectivity index (χ1v) is 8.99. The second-order valence-corrected chi connectivity index (χ2v) is 6.61. The molecule has 134 valence electrons. The maximum atomic E-state index is 10.4. The highest BCUT2D eigenvalue weighted by Crippen LogP contribution is 2.26. The average Bonchev–Trinajstić information content (AvgIpc) is 3.40. The topological polar surface area (TPSA) is 117 Å². The Morgan fingerprint density at radius 3 is 2.89 bits per heavy atom. The fourth-order valence-electron chi connectivity index (χ4n) is 2.59. The highest BCUT2D eigenvalue weighted by molar-refractivity contribution is 7.99. The minimum atomic E-state index is -0.0795. The van der Waals surface area contributed by atoms with Gasteiger partial charge in [0, 0.05) is 7.05 Å². The summed E-state index contributed by atoms with van der Waals surface area (Å²) in [6, 6.07) is 13.0. The van der Waals surface area contributed by atoms with Gasteiger partial charge in [-0.3, -0.25) is 0 Å². The number of furan rings is 1. The number of aliphatic hydroxyl groups is 1. The number of rotatable bonds is 5. The number of imidazole rings is 1. The number of aromatic nitrogens is 5. The highest BCUT2D eigenvalue weighted by Gasteiger charge is 2.17. The summed E-state index contributed by atoms with van der Waals surface area (Å²) in [6.07, 6.45) is 1.57. The van der Waals surface area contributed by atoms with Gasteiger partial charge in [-0.15, -0.1) is 10.2 Å². The van der Waals surface area contributed by atoms with Crippen LogP contribution in [0.2, 0.25) is 0 Å². The van der Waals surface area contributed by atoms with Crippen molar-refractivity contribution in [2.24, 2.45) is 7.05 Å². The zero-order valence-corrected chi connectivity index (χ0v) is 15.1. The number of aromatic amines is 1. The lowest BCUT2D eigenvalue weighted by Crippen LogP contribution is -1.98. The molecule has 2 N–H and O–H groups in total. The Labute approximate surface area is 158 Å². The fourth-order valence-corrected chi connectivity index (χ4v) is 3.38. The predicted octanol–water partition coefficient (Wildman–Crippen LogP) is 3.54. The molecule has 0 aliphatic rings. The van der Waals surface area contributed by atoms with E-state index >= 15 is 0 Å². The fraction of sp³-hybridized carbons (Fsp3) is 0.111. The molecular weight excluding hydrogens is 364 g/mol. The largest absolute Gasteiger partial charge is 0.510 e. The van der Waals surface area contributed by atoms with E-state index in [0.717, 1.165) is 11.0 Å². The lowest BCUT2D eigenvalue weighted by molar-refractivity contribution is 0.420. The number of benzene rings is 1. The van der Waals surface area contributed by atoms with Gasteiger partial charge in [0.05, 0.1) is 23.0 Å². The Morgan fingerprint density at radius 1 is 1.30 bits per heavy atom. The zero-order valence-electron chi connectivity index (χ0n) is 14.2. The van der Waals surface area contributed by atoms with Crippen molar-refractivity contribution in [2.75, 3.05) is 5.75 Å². The van der Waals surface area contributed by atoms with Gasteiger partial charge in [-0.1, -0.05) is 23.9 Å². The lowest BCUT2D eigenvalue weighted by atomic mass is 10.2. The van der Waals surface area contributed by atoms with Crippen LogP contribution in [-0.2, 0) is 7.05 Å². The molecule has 3 heterocycles. The van der Waals surface area contributed by atoms with Crippen LogP contribution in [0, 0.1) is 11.3 Å². The van der Waals surface area contributed by atoms with Crippen LogP contribution in [0.1, 0.15) is 5.82 Å². The molecule has 0 bridgehead atoms. The quantitative estimate of drug-likeness (QED) is 0.310. The van der Waals surface area contributed by atoms with Crippen LogP contribution in [-0.4, -0.2) is 35.6 Å². The normalized spacial score (nSPS) is 12.1. The Bertz CT molecular complexity index is 1130. The molecule has 0 atom stereocenters. The van der Waals surface area contributed by atoms with Gasteiger partial charge in [-0.25, -0.2) is 4.98 Å². The first-order valence-electron chi connectivity index (χ1n) is 8.00. The molecule has 0 saturated carbocycles. The van der Waals surface area contributed by atoms with Crippen molar-refractivity contribution in [1.82, 2.24) is 24.7 Å². The summed E-state index contributed by atoms with van der Waals surface area (Å²) in [7, 11) is 1.81. The molecule has 1 aromatic carbocycles. The van der Waals surface area contributed by atoms with E-state index in [2.05, 4.69) is 20.2 Å². The Kier molecular flexibility index (Phi) is 4.40. The SMILES string of the molecule is Cn1c(SC/C(O)=C(\C#N)c2nc3ccccc3[nH]2)nnc1-c1ccco1. The minimum absolute atomic E-state index is 0.0795. The number of fused-ring (bicyclic) bond motifs is 1. The molecule has 0 amide bonds. The predicted molar refractivity (Wildman–Crippen MR) is 101 cm³/mol. The van der Waals surface area contributed by atoms with Gasteiger partial charge < -0.3 is 19.1 Å². The van der Waals surface area contributed by atoms with E-state index in [9.17, 15) is 10.4 Å². The standard InChI is InChI=1S/C18H14N6O2S/c1-24-17(15-7-4-8-26-15)22-23-18(24)27-10-14(25)11(9-19)16-20-12-5-2-3-6-13(12)21-16/h2-8,25H,10H2,1H3,(H,20,21)/b14-11-. The van der Waals surface area contributed by atoms with Crippen molar-refractivity contribution in [3.63, 3.8) is 0 Å². The van der Waals surface area contributed by atoms with Crippen LogP contribution in [0.15, 0.2) is 58.0 Å². The lowest BCUT2D eigenvalue weighted by Gasteiger charge is -2.03. The van der Waals surface area contributed by atoms with E-state index in [1.165, 1.54) is 11.8 Å².